The fourth-order valence-electron chi connectivity index (χ4n) is 3.68. The molecule has 0 saturated carbocycles. The molecule has 2 saturated heterocycles. The lowest BCUT2D eigenvalue weighted by Gasteiger charge is -2.36. The van der Waals surface area contributed by atoms with Crippen molar-refractivity contribution in [1.82, 2.24) is 20.1 Å². The van der Waals surface area contributed by atoms with Gasteiger partial charge in [0.25, 0.3) is 0 Å². The van der Waals surface area contributed by atoms with Crippen LogP contribution in [0.15, 0.2) is 24.3 Å². The molecule has 2 N–H and O–H groups in total. The van der Waals surface area contributed by atoms with E-state index in [1.165, 1.54) is 4.70 Å². The van der Waals surface area contributed by atoms with Gasteiger partial charge >= 0.3 is 0 Å². The summed E-state index contributed by atoms with van der Waals surface area (Å²) >= 11 is 1.67. The lowest BCUT2D eigenvalue weighted by Crippen LogP contribution is -2.54. The van der Waals surface area contributed by atoms with Crippen molar-refractivity contribution in [2.24, 2.45) is 0 Å². The number of nitrogens with zero attached hydrogens (tertiary/aromatic N) is 3. The van der Waals surface area contributed by atoms with E-state index in [4.69, 9.17) is 0 Å². The second-order valence-corrected chi connectivity index (χ2v) is 9.83. The van der Waals surface area contributed by atoms with Gasteiger partial charge in [0.2, 0.25) is 10.0 Å². The molecule has 4 rings (SSSR count). The first-order chi connectivity index (χ1) is 12.0. The van der Waals surface area contributed by atoms with Gasteiger partial charge in [-0.25, -0.2) is 13.4 Å². The summed E-state index contributed by atoms with van der Waals surface area (Å²) in [5.74, 6) is 0. The number of hydrogen-bond donors (Lipinski definition) is 2. The Labute approximate surface area is 152 Å². The molecule has 9 heteroatoms. The van der Waals surface area contributed by atoms with Crippen LogP contribution in [-0.2, 0) is 10.0 Å². The predicted molar refractivity (Wildman–Crippen MR) is 101 cm³/mol. The summed E-state index contributed by atoms with van der Waals surface area (Å²) in [5, 5.41) is 0.547. The fraction of sp³-hybridized carbons (Fsp3) is 0.562. The average Bonchev–Trinajstić information content (AvgIpc) is 3.18. The fourth-order valence-corrected chi connectivity index (χ4v) is 6.88. The number of nitrogens with one attached hydrogen (secondary N) is 2. The smallest absolute Gasteiger partial charge is 0.220 e. The monoisotopic (exact) mass is 381 g/mol. The summed E-state index contributed by atoms with van der Waals surface area (Å²) in [6.07, 6.45) is 0. The summed E-state index contributed by atoms with van der Waals surface area (Å²) in [4.78, 5) is 6.87. The van der Waals surface area contributed by atoms with E-state index in [2.05, 4.69) is 26.8 Å². The number of piperazine rings is 1. The van der Waals surface area contributed by atoms with Crippen LogP contribution in [0.4, 0.5) is 5.13 Å². The van der Waals surface area contributed by atoms with E-state index in [0.717, 1.165) is 10.6 Å². The third-order valence-corrected chi connectivity index (χ3v) is 8.71. The molecule has 1 aromatic heterocycles. The van der Waals surface area contributed by atoms with Gasteiger partial charge in [0.05, 0.1) is 10.2 Å². The van der Waals surface area contributed by atoms with Crippen LogP contribution in [-0.4, -0.2) is 61.2 Å². The standard InChI is InChI=1S/C16H23N5O2S2/c1-11-15(12(2)19-18-11)25(22,23)21-9-7-20(8-10-21)16-17-13-5-3-4-6-14(13)24-16/h3-6,11-12,15,18-19H,7-10H2,1-2H3. The molecular weight excluding hydrogens is 358 g/mol. The first-order valence-electron chi connectivity index (χ1n) is 8.57. The number of aromatic nitrogens is 1. The van der Waals surface area contributed by atoms with Gasteiger partial charge in [-0.3, -0.25) is 10.9 Å². The molecule has 2 atom stereocenters. The molecule has 0 spiro atoms. The Bertz CT molecular complexity index is 817. The number of rotatable bonds is 3. The molecule has 136 valence electrons. The van der Waals surface area contributed by atoms with Gasteiger partial charge in [-0.1, -0.05) is 23.5 Å². The summed E-state index contributed by atoms with van der Waals surface area (Å²) in [6.45, 7) is 6.19. The summed E-state index contributed by atoms with van der Waals surface area (Å²) in [7, 11) is -3.33. The molecule has 0 bridgehead atoms. The van der Waals surface area contributed by atoms with Gasteiger partial charge in [-0.05, 0) is 26.0 Å². The van der Waals surface area contributed by atoms with Gasteiger partial charge in [-0.2, -0.15) is 4.31 Å². The van der Waals surface area contributed by atoms with Crippen molar-refractivity contribution in [3.8, 4) is 0 Å². The number of para-hydroxylation sites is 1. The largest absolute Gasteiger partial charge is 0.345 e. The minimum atomic E-state index is -3.33. The topological polar surface area (TPSA) is 77.6 Å². The van der Waals surface area contributed by atoms with Crippen LogP contribution < -0.4 is 15.8 Å². The van der Waals surface area contributed by atoms with Crippen LogP contribution in [0.5, 0.6) is 0 Å². The number of anilines is 1. The van der Waals surface area contributed by atoms with Gasteiger partial charge in [-0.15, -0.1) is 0 Å². The Morgan fingerprint density at radius 2 is 1.72 bits per heavy atom. The minimum absolute atomic E-state index is 0.0951. The van der Waals surface area contributed by atoms with Crippen molar-refractivity contribution in [3.05, 3.63) is 24.3 Å². The molecule has 3 heterocycles. The van der Waals surface area contributed by atoms with Crippen molar-refractivity contribution < 1.29 is 8.42 Å². The minimum Gasteiger partial charge on any atom is -0.345 e. The van der Waals surface area contributed by atoms with E-state index >= 15 is 0 Å². The molecule has 1 aromatic carbocycles. The van der Waals surface area contributed by atoms with E-state index in [1.807, 2.05) is 32.0 Å². The van der Waals surface area contributed by atoms with Gasteiger partial charge in [0.1, 0.15) is 5.25 Å². The van der Waals surface area contributed by atoms with Crippen LogP contribution in [0.1, 0.15) is 13.8 Å². The Kier molecular flexibility index (Phi) is 4.45. The first-order valence-corrected chi connectivity index (χ1v) is 10.9. The Morgan fingerprint density at radius 1 is 1.08 bits per heavy atom. The number of hydrazine groups is 1. The highest BCUT2D eigenvalue weighted by Crippen LogP contribution is 2.30. The summed E-state index contributed by atoms with van der Waals surface area (Å²) < 4.78 is 28.8. The van der Waals surface area contributed by atoms with E-state index in [-0.39, 0.29) is 12.1 Å². The Balaban J connectivity index is 1.47. The quantitative estimate of drug-likeness (QED) is 0.826. The zero-order valence-electron chi connectivity index (χ0n) is 14.3. The molecule has 0 aliphatic carbocycles. The van der Waals surface area contributed by atoms with Crippen LogP contribution in [0.2, 0.25) is 0 Å². The molecule has 0 radical (unpaired) electrons. The second-order valence-electron chi connectivity index (χ2n) is 6.73. The van der Waals surface area contributed by atoms with Crippen LogP contribution in [0.25, 0.3) is 10.2 Å². The van der Waals surface area contributed by atoms with E-state index < -0.39 is 15.3 Å². The van der Waals surface area contributed by atoms with Crippen molar-refractivity contribution in [2.45, 2.75) is 31.2 Å². The molecule has 0 amide bonds. The van der Waals surface area contributed by atoms with Crippen LogP contribution >= 0.6 is 11.3 Å². The lowest BCUT2D eigenvalue weighted by molar-refractivity contribution is 0.374. The van der Waals surface area contributed by atoms with Crippen molar-refractivity contribution in [1.29, 1.82) is 0 Å². The first kappa shape index (κ1) is 17.2. The number of sulfonamides is 1. The Morgan fingerprint density at radius 3 is 2.36 bits per heavy atom. The molecule has 2 aromatic rings. The highest BCUT2D eigenvalue weighted by atomic mass is 32.2. The molecule has 2 aliphatic heterocycles. The lowest BCUT2D eigenvalue weighted by atomic mass is 10.2. The zero-order valence-corrected chi connectivity index (χ0v) is 16.0. The third-order valence-electron chi connectivity index (χ3n) is 5.02. The van der Waals surface area contributed by atoms with Crippen molar-refractivity contribution >= 4 is 36.7 Å². The van der Waals surface area contributed by atoms with Gasteiger partial charge < -0.3 is 4.90 Å². The maximum atomic E-state index is 13.0. The number of thiazole rings is 1. The predicted octanol–water partition coefficient (Wildman–Crippen LogP) is 1.00. The molecule has 25 heavy (non-hydrogen) atoms. The normalized spacial score (nSPS) is 28.7. The van der Waals surface area contributed by atoms with Gasteiger partial charge in [0, 0.05) is 38.3 Å². The Hall–Kier alpha value is -1.26. The summed E-state index contributed by atoms with van der Waals surface area (Å²) in [5.41, 5.74) is 7.08. The highest BCUT2D eigenvalue weighted by Gasteiger charge is 2.44. The molecule has 2 aliphatic rings. The van der Waals surface area contributed by atoms with Crippen molar-refractivity contribution in [2.75, 3.05) is 31.1 Å². The maximum absolute atomic E-state index is 13.0. The maximum Gasteiger partial charge on any atom is 0.220 e. The van der Waals surface area contributed by atoms with E-state index in [0.29, 0.717) is 26.2 Å². The third kappa shape index (κ3) is 3.04. The number of benzene rings is 1. The molecule has 2 fully saturated rings. The van der Waals surface area contributed by atoms with Crippen molar-refractivity contribution in [3.63, 3.8) is 0 Å². The highest BCUT2D eigenvalue weighted by molar-refractivity contribution is 7.89. The SMILES string of the molecule is CC1NNC(C)C1S(=O)(=O)N1CCN(c2nc3ccccc3s2)CC1. The average molecular weight is 382 g/mol. The molecule has 7 nitrogen and oxygen atoms in total. The summed E-state index contributed by atoms with van der Waals surface area (Å²) in [6, 6.07) is 7.90. The molecular formula is C16H23N5O2S2. The second kappa shape index (κ2) is 6.48. The van der Waals surface area contributed by atoms with E-state index in [1.54, 1.807) is 15.6 Å². The van der Waals surface area contributed by atoms with E-state index in [9.17, 15) is 8.42 Å². The van der Waals surface area contributed by atoms with Gasteiger partial charge in [0.15, 0.2) is 5.13 Å². The number of hydrogen-bond acceptors (Lipinski definition) is 7. The van der Waals surface area contributed by atoms with Crippen LogP contribution in [0.3, 0.4) is 0 Å². The molecule has 2 unspecified atom stereocenters. The van der Waals surface area contributed by atoms with Crippen LogP contribution in [0, 0.1) is 0 Å². The number of fused-ring (bicyclic) bond motifs is 1. The zero-order chi connectivity index (χ0) is 17.6.